The molecule has 0 amide bonds. The molecule has 1 saturated heterocycles. The molecular weight excluding hydrogens is 336 g/mol. The zero-order chi connectivity index (χ0) is 16.2. The highest BCUT2D eigenvalue weighted by atomic mass is 32.2. The van der Waals surface area contributed by atoms with E-state index in [1.165, 1.54) is 17.4 Å². The third kappa shape index (κ3) is 2.25. The summed E-state index contributed by atoms with van der Waals surface area (Å²) in [5.41, 5.74) is 1.50. The minimum atomic E-state index is -3.58. The maximum Gasteiger partial charge on any atom is 0.337 e. The van der Waals surface area contributed by atoms with Crippen LogP contribution in [-0.4, -0.2) is 32.2 Å². The van der Waals surface area contributed by atoms with E-state index in [1.54, 1.807) is 23.6 Å². The minimum Gasteiger partial charge on any atom is -0.478 e. The van der Waals surface area contributed by atoms with Crippen molar-refractivity contribution in [1.82, 2.24) is 4.72 Å². The molecule has 4 rings (SSSR count). The van der Waals surface area contributed by atoms with Gasteiger partial charge in [-0.2, -0.15) is 4.72 Å². The lowest BCUT2D eigenvalue weighted by molar-refractivity contribution is 0.0698. The molecule has 2 aliphatic rings. The van der Waals surface area contributed by atoms with E-state index in [0.717, 1.165) is 19.4 Å². The normalized spacial score (nSPS) is 21.7. The lowest BCUT2D eigenvalue weighted by Gasteiger charge is -2.34. The van der Waals surface area contributed by atoms with Gasteiger partial charge in [0, 0.05) is 11.4 Å². The number of aromatic carboxylic acids is 1. The van der Waals surface area contributed by atoms with Crippen LogP contribution in [0, 0.1) is 0 Å². The summed E-state index contributed by atoms with van der Waals surface area (Å²) in [7, 11) is -3.58. The Morgan fingerprint density at radius 3 is 2.96 bits per heavy atom. The van der Waals surface area contributed by atoms with Crippen LogP contribution < -0.4 is 9.62 Å². The fraction of sp³-hybridized carbons (Fsp3) is 0.267. The number of carboxylic acid groups (broad SMARTS) is 1. The number of hydrogen-bond acceptors (Lipinski definition) is 5. The van der Waals surface area contributed by atoms with Crippen molar-refractivity contribution in [3.05, 3.63) is 35.2 Å². The number of nitrogens with zero attached hydrogens (tertiary/aromatic N) is 1. The van der Waals surface area contributed by atoms with Crippen molar-refractivity contribution < 1.29 is 18.3 Å². The molecule has 2 aromatic rings. The van der Waals surface area contributed by atoms with Gasteiger partial charge in [0.15, 0.2) is 0 Å². The molecule has 120 valence electrons. The number of hydrogen-bond donors (Lipinski definition) is 2. The second-order valence-electron chi connectivity index (χ2n) is 5.62. The van der Waals surface area contributed by atoms with Gasteiger partial charge in [0.25, 0.3) is 0 Å². The predicted octanol–water partition coefficient (Wildman–Crippen LogP) is 2.33. The van der Waals surface area contributed by atoms with Gasteiger partial charge in [-0.3, -0.25) is 0 Å². The van der Waals surface area contributed by atoms with Crippen LogP contribution in [0.1, 0.15) is 23.2 Å². The van der Waals surface area contributed by atoms with E-state index in [2.05, 4.69) is 9.62 Å². The van der Waals surface area contributed by atoms with Crippen molar-refractivity contribution in [2.45, 2.75) is 23.9 Å². The number of thiophene rings is 1. The fourth-order valence-corrected chi connectivity index (χ4v) is 5.59. The Kier molecular flexibility index (Phi) is 3.22. The molecule has 0 radical (unpaired) electrons. The fourth-order valence-electron chi connectivity index (χ4n) is 3.23. The van der Waals surface area contributed by atoms with Crippen molar-refractivity contribution in [3.63, 3.8) is 0 Å². The monoisotopic (exact) mass is 350 g/mol. The lowest BCUT2D eigenvalue weighted by atomic mass is 10.1. The van der Waals surface area contributed by atoms with E-state index in [9.17, 15) is 18.3 Å². The first kappa shape index (κ1) is 14.7. The maximum atomic E-state index is 12.5. The van der Waals surface area contributed by atoms with E-state index in [-0.39, 0.29) is 16.6 Å². The molecule has 0 saturated carbocycles. The highest BCUT2D eigenvalue weighted by Gasteiger charge is 2.37. The van der Waals surface area contributed by atoms with Crippen molar-refractivity contribution in [2.24, 2.45) is 0 Å². The summed E-state index contributed by atoms with van der Waals surface area (Å²) in [4.78, 5) is 14.1. The first-order valence-electron chi connectivity index (χ1n) is 7.21. The highest BCUT2D eigenvalue weighted by molar-refractivity contribution is 7.89. The molecule has 1 fully saturated rings. The molecule has 1 unspecified atom stereocenters. The molecule has 1 aromatic heterocycles. The molecule has 2 N–H and O–H groups in total. The number of fused-ring (bicyclic) bond motifs is 3. The summed E-state index contributed by atoms with van der Waals surface area (Å²) in [5, 5.41) is 10.9. The van der Waals surface area contributed by atoms with E-state index in [1.807, 2.05) is 0 Å². The number of carboxylic acids is 1. The van der Waals surface area contributed by atoms with Crippen molar-refractivity contribution in [3.8, 4) is 10.4 Å². The summed E-state index contributed by atoms with van der Waals surface area (Å²) in [6.45, 7) is 0.818. The van der Waals surface area contributed by atoms with Crippen LogP contribution in [0.15, 0.2) is 34.5 Å². The van der Waals surface area contributed by atoms with Crippen LogP contribution in [0.25, 0.3) is 10.4 Å². The number of sulfonamides is 1. The lowest BCUT2D eigenvalue weighted by Crippen LogP contribution is -2.48. The Morgan fingerprint density at radius 1 is 1.35 bits per heavy atom. The van der Waals surface area contributed by atoms with Crippen LogP contribution in [-0.2, 0) is 10.0 Å². The smallest absolute Gasteiger partial charge is 0.337 e. The summed E-state index contributed by atoms with van der Waals surface area (Å²) >= 11 is 1.29. The van der Waals surface area contributed by atoms with Gasteiger partial charge in [0.05, 0.1) is 17.4 Å². The van der Waals surface area contributed by atoms with Gasteiger partial charge in [-0.05, 0) is 42.0 Å². The van der Waals surface area contributed by atoms with Crippen LogP contribution in [0.2, 0.25) is 0 Å². The Hall–Kier alpha value is -1.90. The summed E-state index contributed by atoms with van der Waals surface area (Å²) in [5.74, 6) is -1.01. The summed E-state index contributed by atoms with van der Waals surface area (Å²) < 4.78 is 27.7. The molecule has 2 aliphatic heterocycles. The van der Waals surface area contributed by atoms with Gasteiger partial charge in [-0.15, -0.1) is 11.3 Å². The molecule has 0 aliphatic carbocycles. The first-order chi connectivity index (χ1) is 11.0. The predicted molar refractivity (Wildman–Crippen MR) is 87.4 cm³/mol. The van der Waals surface area contributed by atoms with Crippen LogP contribution in [0.4, 0.5) is 5.69 Å². The topological polar surface area (TPSA) is 86.7 Å². The number of carbonyl (C=O) groups is 1. The van der Waals surface area contributed by atoms with Gasteiger partial charge in [-0.1, -0.05) is 6.07 Å². The Labute approximate surface area is 137 Å². The molecule has 6 nitrogen and oxygen atoms in total. The summed E-state index contributed by atoms with van der Waals surface area (Å²) in [6, 6.07) is 6.69. The molecule has 1 atom stereocenters. The second-order valence-corrected chi connectivity index (χ2v) is 8.22. The Bertz CT molecular complexity index is 904. The summed E-state index contributed by atoms with van der Waals surface area (Å²) in [6.07, 6.45) is 1.58. The number of nitrogens with one attached hydrogen (secondary N) is 1. The quantitative estimate of drug-likeness (QED) is 0.868. The van der Waals surface area contributed by atoms with E-state index in [0.29, 0.717) is 16.1 Å². The van der Waals surface area contributed by atoms with Gasteiger partial charge >= 0.3 is 5.97 Å². The van der Waals surface area contributed by atoms with Crippen LogP contribution in [0.5, 0.6) is 0 Å². The number of rotatable bonds is 2. The molecule has 3 heterocycles. The van der Waals surface area contributed by atoms with Gasteiger partial charge < -0.3 is 10.0 Å². The van der Waals surface area contributed by atoms with Gasteiger partial charge in [-0.25, -0.2) is 13.2 Å². The number of benzene rings is 1. The van der Waals surface area contributed by atoms with Crippen molar-refractivity contribution >= 4 is 33.0 Å². The Morgan fingerprint density at radius 2 is 2.17 bits per heavy atom. The number of anilines is 1. The maximum absolute atomic E-state index is 12.5. The van der Waals surface area contributed by atoms with Crippen LogP contribution in [0.3, 0.4) is 0 Å². The largest absolute Gasteiger partial charge is 0.478 e. The standard InChI is InChI=1S/C15H14N2O4S2/c18-15(19)10-5-7-22-14(10)9-3-4-11-12(8-9)23(20,21)16-13-2-1-6-17(11)13/h3-5,7-8,13,16H,1-2,6H2,(H,18,19). The molecule has 1 aromatic carbocycles. The Balaban J connectivity index is 1.88. The molecule has 0 spiro atoms. The molecule has 0 bridgehead atoms. The van der Waals surface area contributed by atoms with Crippen LogP contribution >= 0.6 is 11.3 Å². The third-order valence-corrected chi connectivity index (χ3v) is 6.71. The van der Waals surface area contributed by atoms with E-state index < -0.39 is 16.0 Å². The van der Waals surface area contributed by atoms with Crippen molar-refractivity contribution in [2.75, 3.05) is 11.4 Å². The average Bonchev–Trinajstić information content (AvgIpc) is 3.14. The van der Waals surface area contributed by atoms with Crippen molar-refractivity contribution in [1.29, 1.82) is 0 Å². The third-order valence-electron chi connectivity index (χ3n) is 4.26. The van der Waals surface area contributed by atoms with Gasteiger partial charge in [0.2, 0.25) is 10.0 Å². The first-order valence-corrected chi connectivity index (χ1v) is 9.58. The zero-order valence-corrected chi connectivity index (χ0v) is 13.7. The second kappa shape index (κ2) is 5.05. The SMILES string of the molecule is O=C(O)c1ccsc1-c1ccc2c(c1)S(=O)(=O)NC1CCCN21. The molecule has 23 heavy (non-hydrogen) atoms. The van der Waals surface area contributed by atoms with E-state index in [4.69, 9.17) is 0 Å². The molecular formula is C15H14N2O4S2. The van der Waals surface area contributed by atoms with Gasteiger partial charge in [0.1, 0.15) is 4.90 Å². The minimum absolute atomic E-state index is 0.172. The van der Waals surface area contributed by atoms with E-state index >= 15 is 0 Å². The molecule has 8 heteroatoms. The zero-order valence-electron chi connectivity index (χ0n) is 12.0. The average molecular weight is 350 g/mol. The highest BCUT2D eigenvalue weighted by Crippen LogP contribution is 2.39.